The van der Waals surface area contributed by atoms with Gasteiger partial charge in [0.25, 0.3) is 0 Å². The van der Waals surface area contributed by atoms with E-state index in [2.05, 4.69) is 27.7 Å². The van der Waals surface area contributed by atoms with Crippen LogP contribution in [0, 0.1) is 5.92 Å². The van der Waals surface area contributed by atoms with Gasteiger partial charge in [-0.3, -0.25) is 0 Å². The molecule has 0 saturated heterocycles. The van der Waals surface area contributed by atoms with Crippen molar-refractivity contribution in [3.8, 4) is 0 Å². The summed E-state index contributed by atoms with van der Waals surface area (Å²) in [6.45, 7) is 8.93. The Labute approximate surface area is 122 Å². The van der Waals surface area contributed by atoms with Crippen LogP contribution in [0.1, 0.15) is 105 Å². The molecule has 0 aliphatic rings. The molecule has 0 rings (SSSR count). The topological polar surface area (TPSA) is 20.2 Å². The van der Waals surface area contributed by atoms with Crippen LogP contribution in [0.15, 0.2) is 0 Å². The minimum absolute atomic E-state index is 0.384. The van der Waals surface area contributed by atoms with E-state index in [0.717, 1.165) is 25.7 Å². The number of aliphatic hydroxyl groups is 1. The Bertz CT molecular complexity index is 182. The van der Waals surface area contributed by atoms with E-state index in [4.69, 9.17) is 0 Å². The summed E-state index contributed by atoms with van der Waals surface area (Å²) in [5, 5.41) is 11.1. The fraction of sp³-hybridized carbons (Fsp3) is 1.00. The van der Waals surface area contributed by atoms with Gasteiger partial charge in [0.1, 0.15) is 0 Å². The second kappa shape index (κ2) is 11.8. The predicted molar refractivity (Wildman–Crippen MR) is 86.5 cm³/mol. The number of rotatable bonds is 13. The van der Waals surface area contributed by atoms with Crippen LogP contribution in [-0.4, -0.2) is 10.7 Å². The molecule has 0 aromatic rings. The highest BCUT2D eigenvalue weighted by Crippen LogP contribution is 2.35. The molecule has 0 spiro atoms. The normalized spacial score (nSPS) is 13.7. The van der Waals surface area contributed by atoms with Gasteiger partial charge in [-0.1, -0.05) is 79.1 Å². The molecule has 1 nitrogen and oxygen atoms in total. The van der Waals surface area contributed by atoms with Crippen molar-refractivity contribution in [1.29, 1.82) is 0 Å². The molecule has 0 aliphatic carbocycles. The Morgan fingerprint density at radius 3 is 1.68 bits per heavy atom. The zero-order valence-electron chi connectivity index (χ0n) is 14.0. The second-order valence-electron chi connectivity index (χ2n) is 6.29. The highest BCUT2D eigenvalue weighted by molar-refractivity contribution is 4.86. The number of hydrogen-bond acceptors (Lipinski definition) is 1. The van der Waals surface area contributed by atoms with E-state index in [1.807, 2.05) is 0 Å². The lowest BCUT2D eigenvalue weighted by molar-refractivity contribution is -0.0429. The average Bonchev–Trinajstić information content (AvgIpc) is 2.38. The molecule has 0 heterocycles. The minimum Gasteiger partial charge on any atom is -0.390 e. The van der Waals surface area contributed by atoms with E-state index in [1.165, 1.54) is 51.4 Å². The molecule has 1 unspecified atom stereocenters. The first-order valence-corrected chi connectivity index (χ1v) is 8.86. The molecular formula is C18H38O. The Morgan fingerprint density at radius 1 is 0.684 bits per heavy atom. The van der Waals surface area contributed by atoms with Crippen molar-refractivity contribution >= 4 is 0 Å². The summed E-state index contributed by atoms with van der Waals surface area (Å²) in [6, 6.07) is 0. The van der Waals surface area contributed by atoms with Gasteiger partial charge in [-0.2, -0.15) is 0 Å². The fourth-order valence-electron chi connectivity index (χ4n) is 3.35. The third-order valence-corrected chi connectivity index (χ3v) is 4.44. The van der Waals surface area contributed by atoms with Crippen molar-refractivity contribution in [3.63, 3.8) is 0 Å². The molecule has 0 aromatic carbocycles. The van der Waals surface area contributed by atoms with E-state index in [1.54, 1.807) is 0 Å². The molecule has 0 fully saturated rings. The Kier molecular flexibility index (Phi) is 11.7. The zero-order valence-corrected chi connectivity index (χ0v) is 14.0. The SMILES string of the molecule is CCCCCCC(CCCC)C(O)(CCC)CCC. The lowest BCUT2D eigenvalue weighted by Crippen LogP contribution is -2.38. The van der Waals surface area contributed by atoms with Gasteiger partial charge in [-0.15, -0.1) is 0 Å². The van der Waals surface area contributed by atoms with Crippen LogP contribution in [0.5, 0.6) is 0 Å². The van der Waals surface area contributed by atoms with Gasteiger partial charge in [0.2, 0.25) is 0 Å². The predicted octanol–water partition coefficient (Wildman–Crippen LogP) is 6.09. The van der Waals surface area contributed by atoms with Gasteiger partial charge in [0.05, 0.1) is 5.60 Å². The van der Waals surface area contributed by atoms with Crippen molar-refractivity contribution < 1.29 is 5.11 Å². The summed E-state index contributed by atoms with van der Waals surface area (Å²) >= 11 is 0. The Hall–Kier alpha value is -0.0400. The molecule has 0 amide bonds. The molecule has 19 heavy (non-hydrogen) atoms. The molecule has 0 aliphatic heterocycles. The largest absolute Gasteiger partial charge is 0.390 e. The molecule has 1 N–H and O–H groups in total. The summed E-state index contributed by atoms with van der Waals surface area (Å²) in [5.41, 5.74) is -0.384. The second-order valence-corrected chi connectivity index (χ2v) is 6.29. The maximum atomic E-state index is 11.1. The van der Waals surface area contributed by atoms with Crippen molar-refractivity contribution in [2.75, 3.05) is 0 Å². The van der Waals surface area contributed by atoms with Crippen molar-refractivity contribution in [2.45, 2.75) is 110 Å². The summed E-state index contributed by atoms with van der Waals surface area (Å²) in [5.74, 6) is 0.532. The summed E-state index contributed by atoms with van der Waals surface area (Å²) in [7, 11) is 0. The Balaban J connectivity index is 4.46. The van der Waals surface area contributed by atoms with Gasteiger partial charge < -0.3 is 5.11 Å². The summed E-state index contributed by atoms with van der Waals surface area (Å²) < 4.78 is 0. The van der Waals surface area contributed by atoms with Crippen molar-refractivity contribution in [2.24, 2.45) is 5.92 Å². The lowest BCUT2D eigenvalue weighted by Gasteiger charge is -2.37. The standard InChI is InChI=1S/C18H38O/c1-5-9-11-12-14-17(13-10-6-2)18(19,15-7-3)16-8-4/h17,19H,5-16H2,1-4H3. The van der Waals surface area contributed by atoms with Crippen LogP contribution in [0.25, 0.3) is 0 Å². The van der Waals surface area contributed by atoms with Gasteiger partial charge in [0.15, 0.2) is 0 Å². The first kappa shape index (κ1) is 19.0. The molecule has 0 aromatic heterocycles. The monoisotopic (exact) mass is 270 g/mol. The molecule has 1 heteroatoms. The maximum Gasteiger partial charge on any atom is 0.0675 e. The van der Waals surface area contributed by atoms with Crippen LogP contribution in [0.4, 0.5) is 0 Å². The minimum atomic E-state index is -0.384. The first-order chi connectivity index (χ1) is 9.14. The molecular weight excluding hydrogens is 232 g/mol. The van der Waals surface area contributed by atoms with Crippen LogP contribution in [-0.2, 0) is 0 Å². The smallest absolute Gasteiger partial charge is 0.0675 e. The first-order valence-electron chi connectivity index (χ1n) is 8.86. The van der Waals surface area contributed by atoms with Gasteiger partial charge in [-0.25, -0.2) is 0 Å². The van der Waals surface area contributed by atoms with Gasteiger partial charge >= 0.3 is 0 Å². The van der Waals surface area contributed by atoms with E-state index < -0.39 is 0 Å². The summed E-state index contributed by atoms with van der Waals surface area (Å²) in [4.78, 5) is 0. The molecule has 116 valence electrons. The maximum absolute atomic E-state index is 11.1. The van der Waals surface area contributed by atoms with Crippen LogP contribution in [0.2, 0.25) is 0 Å². The highest BCUT2D eigenvalue weighted by atomic mass is 16.3. The fourth-order valence-corrected chi connectivity index (χ4v) is 3.35. The third-order valence-electron chi connectivity index (χ3n) is 4.44. The third kappa shape index (κ3) is 7.97. The van der Waals surface area contributed by atoms with Crippen LogP contribution < -0.4 is 0 Å². The van der Waals surface area contributed by atoms with Crippen LogP contribution >= 0.6 is 0 Å². The quantitative estimate of drug-likeness (QED) is 0.401. The highest BCUT2D eigenvalue weighted by Gasteiger charge is 2.33. The lowest BCUT2D eigenvalue weighted by atomic mass is 9.75. The van der Waals surface area contributed by atoms with E-state index in [-0.39, 0.29) is 5.60 Å². The van der Waals surface area contributed by atoms with Crippen molar-refractivity contribution in [1.82, 2.24) is 0 Å². The molecule has 0 radical (unpaired) electrons. The van der Waals surface area contributed by atoms with Crippen LogP contribution in [0.3, 0.4) is 0 Å². The number of hydrogen-bond donors (Lipinski definition) is 1. The van der Waals surface area contributed by atoms with E-state index in [9.17, 15) is 5.11 Å². The Morgan fingerprint density at radius 2 is 1.21 bits per heavy atom. The molecule has 0 saturated carbocycles. The van der Waals surface area contributed by atoms with Gasteiger partial charge in [0, 0.05) is 0 Å². The molecule has 1 atom stereocenters. The summed E-state index contributed by atoms with van der Waals surface area (Å²) in [6.07, 6.45) is 14.5. The zero-order chi connectivity index (χ0) is 14.6. The van der Waals surface area contributed by atoms with Crippen molar-refractivity contribution in [3.05, 3.63) is 0 Å². The number of unbranched alkanes of at least 4 members (excludes halogenated alkanes) is 4. The van der Waals surface area contributed by atoms with Gasteiger partial charge in [-0.05, 0) is 31.6 Å². The molecule has 0 bridgehead atoms. The average molecular weight is 271 g/mol. The van der Waals surface area contributed by atoms with E-state index in [0.29, 0.717) is 5.92 Å². The van der Waals surface area contributed by atoms with E-state index >= 15 is 0 Å².